The molecule has 0 radical (unpaired) electrons. The number of benzene rings is 1. The van der Waals surface area contributed by atoms with Crippen LogP contribution in [0.1, 0.15) is 5.56 Å². The van der Waals surface area contributed by atoms with Crippen LogP contribution in [0.15, 0.2) is 18.2 Å². The first kappa shape index (κ1) is 15.7. The van der Waals surface area contributed by atoms with Crippen molar-refractivity contribution in [1.82, 2.24) is 5.32 Å². The highest BCUT2D eigenvalue weighted by Gasteiger charge is 2.22. The van der Waals surface area contributed by atoms with Crippen LogP contribution < -0.4 is 5.32 Å². The van der Waals surface area contributed by atoms with Crippen molar-refractivity contribution < 1.29 is 24.7 Å². The van der Waals surface area contributed by atoms with Crippen molar-refractivity contribution in [3.8, 4) is 5.75 Å². The van der Waals surface area contributed by atoms with Gasteiger partial charge in [0.05, 0.1) is 4.92 Å². The molecule has 9 heteroatoms. The third kappa shape index (κ3) is 4.09. The Hall–Kier alpha value is -2.35. The molecule has 1 atom stereocenters. The molecule has 1 aromatic rings. The molecule has 0 fully saturated rings. The van der Waals surface area contributed by atoms with Crippen LogP contribution in [-0.4, -0.2) is 38.9 Å². The first-order chi connectivity index (χ1) is 9.35. The predicted octanol–water partition coefficient (Wildman–Crippen LogP) is 0.651. The average Bonchev–Trinajstić information content (AvgIpc) is 2.39. The fourth-order valence-corrected chi connectivity index (χ4v) is 1.59. The molecule has 108 valence electrons. The van der Waals surface area contributed by atoms with Gasteiger partial charge in [-0.2, -0.15) is 0 Å². The van der Waals surface area contributed by atoms with Crippen LogP contribution >= 0.6 is 11.6 Å². The Morgan fingerprint density at radius 2 is 2.10 bits per heavy atom. The van der Waals surface area contributed by atoms with Gasteiger partial charge in [0.2, 0.25) is 5.91 Å². The maximum absolute atomic E-state index is 11.1. The van der Waals surface area contributed by atoms with Gasteiger partial charge in [0.25, 0.3) is 0 Å². The maximum Gasteiger partial charge on any atom is 0.326 e. The highest BCUT2D eigenvalue weighted by Crippen LogP contribution is 2.26. The molecule has 0 bridgehead atoms. The molecule has 1 rings (SSSR count). The van der Waals surface area contributed by atoms with Gasteiger partial charge >= 0.3 is 11.7 Å². The summed E-state index contributed by atoms with van der Waals surface area (Å²) in [7, 11) is 0. The van der Waals surface area contributed by atoms with Crippen LogP contribution in [0, 0.1) is 10.1 Å². The molecule has 0 saturated carbocycles. The van der Waals surface area contributed by atoms with Crippen LogP contribution in [0.4, 0.5) is 5.69 Å². The van der Waals surface area contributed by atoms with Crippen molar-refractivity contribution >= 4 is 29.2 Å². The topological polar surface area (TPSA) is 130 Å². The standard InChI is InChI=1S/C11H11ClN2O6/c12-5-10(16)13-7(11(17)18)3-6-1-2-9(15)8(4-6)14(19)20/h1-2,4,7,15H,3,5H2,(H,13,16)(H,17,18)/t7-/m1/s1. The van der Waals surface area contributed by atoms with Gasteiger partial charge in [0.1, 0.15) is 11.9 Å². The number of alkyl halides is 1. The van der Waals surface area contributed by atoms with Gasteiger partial charge in [-0.1, -0.05) is 6.07 Å². The minimum atomic E-state index is -1.29. The largest absolute Gasteiger partial charge is 0.502 e. The molecule has 0 unspecified atom stereocenters. The molecule has 0 spiro atoms. The van der Waals surface area contributed by atoms with Crippen LogP contribution in [0.2, 0.25) is 0 Å². The van der Waals surface area contributed by atoms with Gasteiger partial charge in [-0.05, 0) is 11.6 Å². The number of carboxylic acid groups (broad SMARTS) is 1. The summed E-state index contributed by atoms with van der Waals surface area (Å²) in [5.41, 5.74) is -0.243. The number of carbonyl (C=O) groups is 2. The van der Waals surface area contributed by atoms with E-state index in [1.165, 1.54) is 6.07 Å². The fourth-order valence-electron chi connectivity index (χ4n) is 1.51. The summed E-state index contributed by atoms with van der Waals surface area (Å²) in [6.07, 6.45) is -0.168. The Morgan fingerprint density at radius 3 is 2.60 bits per heavy atom. The van der Waals surface area contributed by atoms with E-state index >= 15 is 0 Å². The van der Waals surface area contributed by atoms with Gasteiger partial charge in [-0.3, -0.25) is 14.9 Å². The van der Waals surface area contributed by atoms with E-state index < -0.39 is 34.3 Å². The second-order valence-electron chi connectivity index (χ2n) is 3.88. The number of phenols is 1. The van der Waals surface area contributed by atoms with Crippen molar-refractivity contribution in [2.24, 2.45) is 0 Å². The lowest BCUT2D eigenvalue weighted by molar-refractivity contribution is -0.385. The maximum atomic E-state index is 11.1. The summed E-state index contributed by atoms with van der Waals surface area (Å²) in [4.78, 5) is 32.0. The number of hydrogen-bond donors (Lipinski definition) is 3. The smallest absolute Gasteiger partial charge is 0.326 e. The predicted molar refractivity (Wildman–Crippen MR) is 68.8 cm³/mol. The third-order valence-electron chi connectivity index (χ3n) is 2.43. The Labute approximate surface area is 118 Å². The molecule has 8 nitrogen and oxygen atoms in total. The number of aromatic hydroxyl groups is 1. The number of carbonyl (C=O) groups excluding carboxylic acids is 1. The molecule has 1 aromatic carbocycles. The van der Waals surface area contributed by atoms with E-state index in [1.807, 2.05) is 0 Å². The molecule has 0 aliphatic heterocycles. The van der Waals surface area contributed by atoms with Crippen molar-refractivity contribution in [1.29, 1.82) is 0 Å². The highest BCUT2D eigenvalue weighted by molar-refractivity contribution is 6.27. The van der Waals surface area contributed by atoms with E-state index in [9.17, 15) is 24.8 Å². The third-order valence-corrected chi connectivity index (χ3v) is 2.67. The Balaban J connectivity index is 2.94. The zero-order valence-electron chi connectivity index (χ0n) is 10.1. The number of rotatable bonds is 6. The molecule has 1 amide bonds. The van der Waals surface area contributed by atoms with E-state index in [1.54, 1.807) is 0 Å². The van der Waals surface area contributed by atoms with E-state index in [2.05, 4.69) is 5.32 Å². The summed E-state index contributed by atoms with van der Waals surface area (Å²) in [5, 5.41) is 31.1. The van der Waals surface area contributed by atoms with E-state index in [4.69, 9.17) is 16.7 Å². The molecule has 3 N–H and O–H groups in total. The molecule has 0 aromatic heterocycles. The minimum Gasteiger partial charge on any atom is -0.502 e. The van der Waals surface area contributed by atoms with Crippen LogP contribution in [-0.2, 0) is 16.0 Å². The van der Waals surface area contributed by atoms with E-state index in [-0.39, 0.29) is 17.9 Å². The van der Waals surface area contributed by atoms with Gasteiger partial charge in [0.15, 0.2) is 5.75 Å². The second kappa shape index (κ2) is 6.71. The fraction of sp³-hybridized carbons (Fsp3) is 0.273. The summed E-state index contributed by atoms with van der Waals surface area (Å²) in [6.45, 7) is 0. The van der Waals surface area contributed by atoms with Gasteiger partial charge in [-0.15, -0.1) is 11.6 Å². The second-order valence-corrected chi connectivity index (χ2v) is 4.14. The number of carboxylic acids is 1. The van der Waals surface area contributed by atoms with Crippen LogP contribution in [0.5, 0.6) is 5.75 Å². The van der Waals surface area contributed by atoms with Crippen molar-refractivity contribution in [2.75, 3.05) is 5.88 Å². The van der Waals surface area contributed by atoms with Crippen molar-refractivity contribution in [3.05, 3.63) is 33.9 Å². The molecule has 0 aliphatic carbocycles. The molecule has 0 saturated heterocycles. The molecule has 20 heavy (non-hydrogen) atoms. The lowest BCUT2D eigenvalue weighted by Crippen LogP contribution is -2.42. The first-order valence-electron chi connectivity index (χ1n) is 5.39. The SMILES string of the molecule is O=C(CCl)N[C@H](Cc1ccc(O)c([N+](=O)[O-])c1)C(=O)O. The summed E-state index contributed by atoms with van der Waals surface area (Å²) >= 11 is 5.26. The van der Waals surface area contributed by atoms with E-state index in [0.29, 0.717) is 0 Å². The summed E-state index contributed by atoms with van der Waals surface area (Å²) in [6, 6.07) is 2.23. The van der Waals surface area contributed by atoms with E-state index in [0.717, 1.165) is 12.1 Å². The molecule has 0 aliphatic rings. The number of nitro groups is 1. The average molecular weight is 303 g/mol. The number of phenolic OH excluding ortho intramolecular Hbond substituents is 1. The molecule has 0 heterocycles. The number of nitrogens with one attached hydrogen (secondary N) is 1. The monoisotopic (exact) mass is 302 g/mol. The molecular formula is C11H11ClN2O6. The normalized spacial score (nSPS) is 11.7. The first-order valence-corrected chi connectivity index (χ1v) is 5.93. The zero-order valence-corrected chi connectivity index (χ0v) is 10.8. The Morgan fingerprint density at radius 1 is 1.45 bits per heavy atom. The number of nitro benzene ring substituents is 1. The Bertz CT molecular complexity index is 548. The zero-order chi connectivity index (χ0) is 15.3. The summed E-state index contributed by atoms with van der Waals surface area (Å²) < 4.78 is 0. The number of halogens is 1. The summed E-state index contributed by atoms with van der Waals surface area (Å²) in [5.74, 6) is -2.86. The van der Waals surface area contributed by atoms with Gasteiger partial charge in [0, 0.05) is 12.5 Å². The quantitative estimate of drug-likeness (QED) is 0.402. The van der Waals surface area contributed by atoms with Crippen LogP contribution in [0.25, 0.3) is 0 Å². The lowest BCUT2D eigenvalue weighted by atomic mass is 10.0. The highest BCUT2D eigenvalue weighted by atomic mass is 35.5. The van der Waals surface area contributed by atoms with Crippen LogP contribution in [0.3, 0.4) is 0 Å². The number of nitrogens with zero attached hydrogens (tertiary/aromatic N) is 1. The minimum absolute atomic E-state index is 0.168. The number of aliphatic carboxylic acids is 1. The van der Waals surface area contributed by atoms with Gasteiger partial charge in [-0.25, -0.2) is 4.79 Å². The Kier molecular flexibility index (Phi) is 5.27. The molecular weight excluding hydrogens is 292 g/mol. The lowest BCUT2D eigenvalue weighted by Gasteiger charge is -2.13. The van der Waals surface area contributed by atoms with Crippen molar-refractivity contribution in [2.45, 2.75) is 12.5 Å². The number of amides is 1. The van der Waals surface area contributed by atoms with Gasteiger partial charge < -0.3 is 15.5 Å². The number of hydrogen-bond acceptors (Lipinski definition) is 5. The van der Waals surface area contributed by atoms with Crippen molar-refractivity contribution in [3.63, 3.8) is 0 Å².